The van der Waals surface area contributed by atoms with Gasteiger partial charge in [0.2, 0.25) is 0 Å². The third-order valence-electron chi connectivity index (χ3n) is 3.58. The van der Waals surface area contributed by atoms with Gasteiger partial charge in [-0.05, 0) is 48.7 Å². The van der Waals surface area contributed by atoms with Crippen LogP contribution in [0.1, 0.15) is 44.0 Å². The number of unbranched alkanes of at least 4 members (excludes halogenated alkanes) is 1. The lowest BCUT2D eigenvalue weighted by Gasteiger charge is -2.12. The van der Waals surface area contributed by atoms with E-state index in [2.05, 4.69) is 26.1 Å². The standard InChI is InChI=1S/C21H27NO3/c1-4-5-14-24-20-9-7-6-8-19(20)21(23)22-17-10-12-18(13-11-17)25-15-16(2)3/h6-13,16H,4-5,14-15H2,1-3H3,(H,22,23). The monoisotopic (exact) mass is 341 g/mol. The molecule has 2 aromatic carbocycles. The fourth-order valence-corrected chi connectivity index (χ4v) is 2.20. The second-order valence-corrected chi connectivity index (χ2v) is 6.38. The highest BCUT2D eigenvalue weighted by Crippen LogP contribution is 2.21. The molecule has 1 N–H and O–H groups in total. The molecule has 0 bridgehead atoms. The Morgan fingerprint density at radius 2 is 1.76 bits per heavy atom. The van der Waals surface area contributed by atoms with Gasteiger partial charge >= 0.3 is 0 Å². The third-order valence-corrected chi connectivity index (χ3v) is 3.58. The summed E-state index contributed by atoms with van der Waals surface area (Å²) in [6, 6.07) is 14.7. The molecule has 0 aliphatic carbocycles. The number of rotatable bonds is 9. The van der Waals surface area contributed by atoms with Gasteiger partial charge in [0.05, 0.1) is 18.8 Å². The van der Waals surface area contributed by atoms with Crippen molar-refractivity contribution in [2.75, 3.05) is 18.5 Å². The molecule has 0 aliphatic heterocycles. The molecule has 0 saturated heterocycles. The van der Waals surface area contributed by atoms with Crippen molar-refractivity contribution in [2.24, 2.45) is 5.92 Å². The number of anilines is 1. The maximum absolute atomic E-state index is 12.5. The zero-order valence-corrected chi connectivity index (χ0v) is 15.2. The number of para-hydroxylation sites is 1. The van der Waals surface area contributed by atoms with E-state index in [9.17, 15) is 4.79 Å². The van der Waals surface area contributed by atoms with E-state index in [0.29, 0.717) is 30.4 Å². The number of nitrogens with one attached hydrogen (secondary N) is 1. The van der Waals surface area contributed by atoms with Crippen LogP contribution in [0.5, 0.6) is 11.5 Å². The van der Waals surface area contributed by atoms with Gasteiger partial charge < -0.3 is 14.8 Å². The number of carbonyl (C=O) groups excluding carboxylic acids is 1. The highest BCUT2D eigenvalue weighted by atomic mass is 16.5. The summed E-state index contributed by atoms with van der Waals surface area (Å²) >= 11 is 0. The van der Waals surface area contributed by atoms with Crippen molar-refractivity contribution < 1.29 is 14.3 Å². The summed E-state index contributed by atoms with van der Waals surface area (Å²) in [7, 11) is 0. The molecule has 0 fully saturated rings. The molecule has 0 atom stereocenters. The van der Waals surface area contributed by atoms with Crippen LogP contribution in [-0.4, -0.2) is 19.1 Å². The predicted molar refractivity (Wildman–Crippen MR) is 102 cm³/mol. The summed E-state index contributed by atoms with van der Waals surface area (Å²) in [6.07, 6.45) is 2.02. The van der Waals surface area contributed by atoms with Crippen molar-refractivity contribution in [3.05, 3.63) is 54.1 Å². The second kappa shape index (κ2) is 9.72. The number of benzene rings is 2. The molecule has 0 radical (unpaired) electrons. The topological polar surface area (TPSA) is 47.6 Å². The van der Waals surface area contributed by atoms with E-state index in [1.807, 2.05) is 42.5 Å². The average Bonchev–Trinajstić information content (AvgIpc) is 2.61. The van der Waals surface area contributed by atoms with Crippen molar-refractivity contribution >= 4 is 11.6 Å². The van der Waals surface area contributed by atoms with Crippen molar-refractivity contribution in [1.29, 1.82) is 0 Å². The predicted octanol–water partition coefficient (Wildman–Crippen LogP) is 5.15. The van der Waals surface area contributed by atoms with E-state index >= 15 is 0 Å². The lowest BCUT2D eigenvalue weighted by molar-refractivity contribution is 0.102. The van der Waals surface area contributed by atoms with Crippen molar-refractivity contribution in [3.63, 3.8) is 0 Å². The summed E-state index contributed by atoms with van der Waals surface area (Å²) in [5.74, 6) is 1.71. The molecular weight excluding hydrogens is 314 g/mol. The zero-order chi connectivity index (χ0) is 18.1. The first-order valence-corrected chi connectivity index (χ1v) is 8.86. The lowest BCUT2D eigenvalue weighted by atomic mass is 10.2. The van der Waals surface area contributed by atoms with E-state index in [1.165, 1.54) is 0 Å². The first kappa shape index (κ1) is 18.8. The van der Waals surface area contributed by atoms with E-state index in [4.69, 9.17) is 9.47 Å². The largest absolute Gasteiger partial charge is 0.493 e. The second-order valence-electron chi connectivity index (χ2n) is 6.38. The quantitative estimate of drug-likeness (QED) is 0.641. The minimum Gasteiger partial charge on any atom is -0.493 e. The Balaban J connectivity index is 1.99. The maximum Gasteiger partial charge on any atom is 0.259 e. The zero-order valence-electron chi connectivity index (χ0n) is 15.2. The van der Waals surface area contributed by atoms with Crippen LogP contribution in [0.3, 0.4) is 0 Å². The molecule has 1 amide bonds. The Labute approximate surface area is 150 Å². The van der Waals surface area contributed by atoms with Crippen molar-refractivity contribution in [3.8, 4) is 11.5 Å². The Bertz CT molecular complexity index is 665. The highest BCUT2D eigenvalue weighted by Gasteiger charge is 2.12. The molecule has 0 heterocycles. The summed E-state index contributed by atoms with van der Waals surface area (Å²) in [4.78, 5) is 12.5. The Kier molecular flexibility index (Phi) is 7.33. The van der Waals surface area contributed by atoms with Crippen molar-refractivity contribution in [1.82, 2.24) is 0 Å². The van der Waals surface area contributed by atoms with E-state index in [1.54, 1.807) is 6.07 Å². The molecule has 4 heteroatoms. The van der Waals surface area contributed by atoms with Gasteiger partial charge in [-0.25, -0.2) is 0 Å². The van der Waals surface area contributed by atoms with Gasteiger partial charge in [-0.15, -0.1) is 0 Å². The van der Waals surface area contributed by atoms with E-state index in [0.717, 1.165) is 24.3 Å². The van der Waals surface area contributed by atoms with Crippen molar-refractivity contribution in [2.45, 2.75) is 33.6 Å². The summed E-state index contributed by atoms with van der Waals surface area (Å²) in [6.45, 7) is 7.61. The highest BCUT2D eigenvalue weighted by molar-refractivity contribution is 6.06. The fourth-order valence-electron chi connectivity index (χ4n) is 2.20. The number of ether oxygens (including phenoxy) is 2. The molecular formula is C21H27NO3. The molecule has 0 spiro atoms. The summed E-state index contributed by atoms with van der Waals surface area (Å²) in [5.41, 5.74) is 1.27. The third kappa shape index (κ3) is 6.14. The normalized spacial score (nSPS) is 10.6. The Morgan fingerprint density at radius 3 is 2.44 bits per heavy atom. The van der Waals surface area contributed by atoms with E-state index in [-0.39, 0.29) is 5.91 Å². The Hall–Kier alpha value is -2.49. The lowest BCUT2D eigenvalue weighted by Crippen LogP contribution is -2.14. The van der Waals surface area contributed by atoms with Gasteiger partial charge in [0.15, 0.2) is 0 Å². The van der Waals surface area contributed by atoms with Crippen LogP contribution < -0.4 is 14.8 Å². The van der Waals surface area contributed by atoms with Gasteiger partial charge in [0, 0.05) is 5.69 Å². The number of hydrogen-bond acceptors (Lipinski definition) is 3. The van der Waals surface area contributed by atoms with Crippen LogP contribution >= 0.6 is 0 Å². The Morgan fingerprint density at radius 1 is 1.04 bits per heavy atom. The molecule has 2 rings (SSSR count). The molecule has 0 aliphatic rings. The molecule has 2 aromatic rings. The minimum atomic E-state index is -0.178. The SMILES string of the molecule is CCCCOc1ccccc1C(=O)Nc1ccc(OCC(C)C)cc1. The first-order chi connectivity index (χ1) is 12.1. The number of hydrogen-bond donors (Lipinski definition) is 1. The van der Waals surface area contributed by atoms with Gasteiger partial charge in [0.1, 0.15) is 11.5 Å². The maximum atomic E-state index is 12.5. The molecule has 0 aromatic heterocycles. The first-order valence-electron chi connectivity index (χ1n) is 8.86. The molecule has 25 heavy (non-hydrogen) atoms. The number of carbonyl (C=O) groups is 1. The fraction of sp³-hybridized carbons (Fsp3) is 0.381. The minimum absolute atomic E-state index is 0.178. The molecule has 4 nitrogen and oxygen atoms in total. The average molecular weight is 341 g/mol. The summed E-state index contributed by atoms with van der Waals surface area (Å²) in [5, 5.41) is 2.91. The van der Waals surface area contributed by atoms with Gasteiger partial charge in [-0.1, -0.05) is 39.3 Å². The molecule has 0 unspecified atom stereocenters. The van der Waals surface area contributed by atoms with Gasteiger partial charge in [0.25, 0.3) is 5.91 Å². The van der Waals surface area contributed by atoms with Crippen LogP contribution in [-0.2, 0) is 0 Å². The van der Waals surface area contributed by atoms with Gasteiger partial charge in [-0.3, -0.25) is 4.79 Å². The smallest absolute Gasteiger partial charge is 0.259 e. The number of amides is 1. The molecule has 0 saturated carbocycles. The van der Waals surface area contributed by atoms with E-state index < -0.39 is 0 Å². The summed E-state index contributed by atoms with van der Waals surface area (Å²) < 4.78 is 11.4. The van der Waals surface area contributed by atoms with Crippen LogP contribution in [0.4, 0.5) is 5.69 Å². The van der Waals surface area contributed by atoms with Crippen LogP contribution in [0.15, 0.2) is 48.5 Å². The van der Waals surface area contributed by atoms with Crippen LogP contribution in [0, 0.1) is 5.92 Å². The van der Waals surface area contributed by atoms with Gasteiger partial charge in [-0.2, -0.15) is 0 Å². The van der Waals surface area contributed by atoms with Crippen LogP contribution in [0.25, 0.3) is 0 Å². The molecule has 134 valence electrons. The van der Waals surface area contributed by atoms with Crippen LogP contribution in [0.2, 0.25) is 0 Å².